The van der Waals surface area contributed by atoms with Crippen molar-refractivity contribution in [3.05, 3.63) is 47.5 Å². The van der Waals surface area contributed by atoms with E-state index in [4.69, 9.17) is 14.2 Å². The summed E-state index contributed by atoms with van der Waals surface area (Å²) in [4.78, 5) is 40.8. The molecule has 9 nitrogen and oxygen atoms in total. The van der Waals surface area contributed by atoms with Crippen molar-refractivity contribution in [2.24, 2.45) is 0 Å². The molecule has 9 heteroatoms. The number of anilines is 2. The first-order valence-corrected chi connectivity index (χ1v) is 9.29. The van der Waals surface area contributed by atoms with Crippen molar-refractivity contribution in [2.75, 3.05) is 45.2 Å². The van der Waals surface area contributed by atoms with E-state index in [2.05, 4.69) is 5.32 Å². The van der Waals surface area contributed by atoms with Crippen LogP contribution in [0.2, 0.25) is 0 Å². The van der Waals surface area contributed by atoms with E-state index in [0.29, 0.717) is 11.3 Å². The summed E-state index contributed by atoms with van der Waals surface area (Å²) in [5.41, 5.74) is 1.60. The number of carbonyl (C=O) groups excluding carboxylic acids is 3. The predicted molar refractivity (Wildman–Crippen MR) is 116 cm³/mol. The van der Waals surface area contributed by atoms with Gasteiger partial charge in [0.05, 0.1) is 27.0 Å². The maximum Gasteiger partial charge on any atom is 0.335 e. The highest BCUT2D eigenvalue weighted by Gasteiger charge is 2.37. The molecule has 0 atom stereocenters. The number of carbonyl (C=O) groups is 3. The summed E-state index contributed by atoms with van der Waals surface area (Å²) in [6.45, 7) is 0. The Kier molecular flexibility index (Phi) is 6.15. The average Bonchev–Trinajstić information content (AvgIpc) is 2.75. The molecule has 0 aliphatic carbocycles. The molecular weight excluding hydrogens is 402 g/mol. The Bertz CT molecular complexity index is 1030. The number of nitrogens with one attached hydrogen (secondary N) is 1. The molecule has 0 radical (unpaired) electrons. The van der Waals surface area contributed by atoms with Crippen LogP contribution in [0.3, 0.4) is 0 Å². The van der Waals surface area contributed by atoms with Crippen molar-refractivity contribution in [1.29, 1.82) is 0 Å². The predicted octanol–water partition coefficient (Wildman–Crippen LogP) is 2.44. The molecule has 3 rings (SSSR count). The van der Waals surface area contributed by atoms with Gasteiger partial charge in [-0.3, -0.25) is 14.9 Å². The molecule has 0 bridgehead atoms. The molecule has 1 aliphatic heterocycles. The number of amides is 4. The number of methoxy groups -OCH3 is 3. The smallest absolute Gasteiger partial charge is 0.335 e. The molecule has 162 valence electrons. The van der Waals surface area contributed by atoms with Crippen LogP contribution in [0.25, 0.3) is 6.08 Å². The van der Waals surface area contributed by atoms with Crippen LogP contribution in [-0.2, 0) is 9.59 Å². The highest BCUT2D eigenvalue weighted by atomic mass is 16.5. The van der Waals surface area contributed by atoms with Gasteiger partial charge in [-0.05, 0) is 23.8 Å². The van der Waals surface area contributed by atoms with Gasteiger partial charge in [0, 0.05) is 31.9 Å². The third-order valence-electron chi connectivity index (χ3n) is 4.73. The average molecular weight is 425 g/mol. The van der Waals surface area contributed by atoms with Crippen LogP contribution >= 0.6 is 0 Å². The molecule has 1 saturated heterocycles. The Labute approximate surface area is 179 Å². The minimum atomic E-state index is -0.871. The van der Waals surface area contributed by atoms with Crippen LogP contribution in [0.15, 0.2) is 42.0 Å². The highest BCUT2D eigenvalue weighted by molar-refractivity contribution is 6.39. The molecule has 0 spiro atoms. The fourth-order valence-corrected chi connectivity index (χ4v) is 3.12. The monoisotopic (exact) mass is 425 g/mol. The first-order valence-electron chi connectivity index (χ1n) is 9.29. The van der Waals surface area contributed by atoms with E-state index in [9.17, 15) is 14.4 Å². The van der Waals surface area contributed by atoms with Crippen molar-refractivity contribution < 1.29 is 28.6 Å². The second-order valence-corrected chi connectivity index (χ2v) is 6.83. The topological polar surface area (TPSA) is 97.4 Å². The van der Waals surface area contributed by atoms with Gasteiger partial charge in [0.2, 0.25) is 5.75 Å². The molecule has 1 heterocycles. The number of hydrogen-bond donors (Lipinski definition) is 1. The van der Waals surface area contributed by atoms with Gasteiger partial charge < -0.3 is 19.1 Å². The summed E-state index contributed by atoms with van der Waals surface area (Å²) in [5, 5.41) is 2.20. The zero-order valence-electron chi connectivity index (χ0n) is 17.9. The van der Waals surface area contributed by atoms with Crippen LogP contribution in [-0.4, -0.2) is 53.3 Å². The van der Waals surface area contributed by atoms with Gasteiger partial charge in [-0.1, -0.05) is 12.1 Å². The molecule has 2 aromatic carbocycles. The third kappa shape index (κ3) is 4.16. The van der Waals surface area contributed by atoms with Crippen LogP contribution in [0.1, 0.15) is 5.56 Å². The van der Waals surface area contributed by atoms with E-state index in [1.165, 1.54) is 39.5 Å². The molecule has 2 aromatic rings. The minimum Gasteiger partial charge on any atom is -0.493 e. The van der Waals surface area contributed by atoms with E-state index in [1.54, 1.807) is 12.1 Å². The zero-order chi connectivity index (χ0) is 22.7. The van der Waals surface area contributed by atoms with Crippen molar-refractivity contribution in [1.82, 2.24) is 5.32 Å². The molecule has 31 heavy (non-hydrogen) atoms. The molecule has 0 unspecified atom stereocenters. The third-order valence-corrected chi connectivity index (χ3v) is 4.73. The van der Waals surface area contributed by atoms with Gasteiger partial charge in [-0.2, -0.15) is 0 Å². The molecule has 4 amide bonds. The standard InChI is InChI=1S/C22H23N3O6/c1-24(2)14-8-6-13(7-9-14)10-16-20(26)23-22(28)25(21(16)27)15-11-17(29-3)19(31-5)18(12-15)30-4/h6-12H,1-5H3,(H,23,26,28)/b16-10+. The van der Waals surface area contributed by atoms with Gasteiger partial charge in [0.1, 0.15) is 5.57 Å². The quantitative estimate of drug-likeness (QED) is 0.561. The lowest BCUT2D eigenvalue weighted by molar-refractivity contribution is -0.122. The molecule has 1 fully saturated rings. The van der Waals surface area contributed by atoms with Gasteiger partial charge in [0.25, 0.3) is 11.8 Å². The molecule has 0 aromatic heterocycles. The Morgan fingerprint density at radius 1 is 0.903 bits per heavy atom. The Hall–Kier alpha value is -4.01. The first kappa shape index (κ1) is 21.7. The van der Waals surface area contributed by atoms with Gasteiger partial charge in [-0.25, -0.2) is 9.69 Å². The van der Waals surface area contributed by atoms with Crippen LogP contribution < -0.4 is 29.3 Å². The molecule has 1 aliphatic rings. The summed E-state index contributed by atoms with van der Waals surface area (Å²) in [6.07, 6.45) is 1.44. The number of benzene rings is 2. The molecular formula is C22H23N3O6. The second kappa shape index (κ2) is 8.78. The van der Waals surface area contributed by atoms with E-state index < -0.39 is 17.8 Å². The SMILES string of the molecule is COc1cc(N2C(=O)NC(=O)/C(=C\c3ccc(N(C)C)cc3)C2=O)cc(OC)c1OC. The normalized spacial score (nSPS) is 15.1. The molecule has 0 saturated carbocycles. The fraction of sp³-hybridized carbons (Fsp3) is 0.227. The van der Waals surface area contributed by atoms with Crippen LogP contribution in [0.5, 0.6) is 17.2 Å². The van der Waals surface area contributed by atoms with Gasteiger partial charge in [0.15, 0.2) is 11.5 Å². The van der Waals surface area contributed by atoms with Crippen LogP contribution in [0, 0.1) is 0 Å². The van der Waals surface area contributed by atoms with Crippen molar-refractivity contribution in [3.63, 3.8) is 0 Å². The van der Waals surface area contributed by atoms with E-state index in [0.717, 1.165) is 10.6 Å². The lowest BCUT2D eigenvalue weighted by atomic mass is 10.1. The number of urea groups is 1. The van der Waals surface area contributed by atoms with Crippen LogP contribution in [0.4, 0.5) is 16.2 Å². The van der Waals surface area contributed by atoms with Gasteiger partial charge >= 0.3 is 6.03 Å². The minimum absolute atomic E-state index is 0.165. The van der Waals surface area contributed by atoms with E-state index in [1.807, 2.05) is 31.1 Å². The van der Waals surface area contributed by atoms with Crippen molar-refractivity contribution >= 4 is 35.3 Å². The Morgan fingerprint density at radius 3 is 1.97 bits per heavy atom. The Balaban J connectivity index is 2.03. The lowest BCUT2D eigenvalue weighted by Gasteiger charge is -2.27. The number of hydrogen-bond acceptors (Lipinski definition) is 7. The molecule has 1 N–H and O–H groups in total. The Morgan fingerprint density at radius 2 is 1.48 bits per heavy atom. The summed E-state index contributed by atoms with van der Waals surface area (Å²) < 4.78 is 15.9. The number of imide groups is 2. The largest absolute Gasteiger partial charge is 0.493 e. The van der Waals surface area contributed by atoms with Crippen molar-refractivity contribution in [3.8, 4) is 17.2 Å². The number of nitrogens with zero attached hydrogens (tertiary/aromatic N) is 2. The highest BCUT2D eigenvalue weighted by Crippen LogP contribution is 2.41. The number of rotatable bonds is 6. The fourth-order valence-electron chi connectivity index (χ4n) is 3.12. The zero-order valence-corrected chi connectivity index (χ0v) is 17.9. The summed E-state index contributed by atoms with van der Waals surface area (Å²) in [6, 6.07) is 9.33. The lowest BCUT2D eigenvalue weighted by Crippen LogP contribution is -2.54. The second-order valence-electron chi connectivity index (χ2n) is 6.83. The van der Waals surface area contributed by atoms with Crippen molar-refractivity contribution in [2.45, 2.75) is 0 Å². The number of barbiturate groups is 1. The summed E-state index contributed by atoms with van der Waals surface area (Å²) in [5.74, 6) is -0.695. The van der Waals surface area contributed by atoms with Gasteiger partial charge in [-0.15, -0.1) is 0 Å². The summed E-state index contributed by atoms with van der Waals surface area (Å²) >= 11 is 0. The first-order chi connectivity index (χ1) is 14.8. The van der Waals surface area contributed by atoms with E-state index in [-0.39, 0.29) is 22.8 Å². The summed E-state index contributed by atoms with van der Waals surface area (Å²) in [7, 11) is 8.11. The number of ether oxygens (including phenoxy) is 3. The maximum atomic E-state index is 13.1. The maximum absolute atomic E-state index is 13.1. The van der Waals surface area contributed by atoms with E-state index >= 15 is 0 Å².